The van der Waals surface area contributed by atoms with Crippen molar-refractivity contribution in [3.63, 3.8) is 0 Å². The van der Waals surface area contributed by atoms with Gasteiger partial charge in [0, 0.05) is 17.4 Å². The quantitative estimate of drug-likeness (QED) is 0.236. The van der Waals surface area contributed by atoms with E-state index in [1.165, 1.54) is 33.3 Å². The van der Waals surface area contributed by atoms with Crippen molar-refractivity contribution in [2.75, 3.05) is 6.61 Å². The van der Waals surface area contributed by atoms with E-state index in [0.29, 0.717) is 12.4 Å². The van der Waals surface area contributed by atoms with Crippen LogP contribution in [-0.4, -0.2) is 11.2 Å². The van der Waals surface area contributed by atoms with E-state index in [0.717, 1.165) is 23.4 Å². The third-order valence-electron chi connectivity index (χ3n) is 6.42. The Morgan fingerprint density at radius 3 is 2.17 bits per heavy atom. The fraction of sp³-hybridized carbons (Fsp3) is 0.156. The number of hydrogen-bond donors (Lipinski definition) is 0. The highest BCUT2D eigenvalue weighted by molar-refractivity contribution is 5.92. The zero-order chi connectivity index (χ0) is 24.9. The molecule has 0 spiro atoms. The first-order valence-electron chi connectivity index (χ1n) is 12.1. The van der Waals surface area contributed by atoms with Gasteiger partial charge in [0.2, 0.25) is 0 Å². The number of benzene rings is 4. The zero-order valence-corrected chi connectivity index (χ0v) is 20.6. The van der Waals surface area contributed by atoms with E-state index in [9.17, 15) is 0 Å². The molecule has 0 saturated carbocycles. The smallest absolute Gasteiger partial charge is 0.174 e. The van der Waals surface area contributed by atoms with Crippen LogP contribution < -0.4 is 9.47 Å². The summed E-state index contributed by atoms with van der Waals surface area (Å²) in [4.78, 5) is 0. The van der Waals surface area contributed by atoms with E-state index >= 15 is 0 Å². The third-order valence-corrected chi connectivity index (χ3v) is 6.42. The molecule has 0 aliphatic carbocycles. The van der Waals surface area contributed by atoms with Gasteiger partial charge >= 0.3 is 0 Å². The lowest BCUT2D eigenvalue weighted by molar-refractivity contribution is 0.306. The Labute approximate surface area is 212 Å². The van der Waals surface area contributed by atoms with E-state index in [2.05, 4.69) is 73.0 Å². The van der Waals surface area contributed by atoms with Crippen molar-refractivity contribution < 1.29 is 9.47 Å². The molecule has 5 rings (SSSR count). The number of hydrogen-bond acceptors (Lipinski definition) is 3. The Hall–Kier alpha value is -4.49. The molecule has 0 aliphatic rings. The standard InChI is InChI=1S/C32H28N2O2/c1-23-8-17-31-30(20-23)24(2)32(34(31)21-25-9-13-28(14-10-25)35-19-18-33)27-11-15-29(16-12-27)36-22-26-6-4-3-5-7-26/h3-17,20H,19,21-22H2,1-2H3. The predicted molar refractivity (Wildman–Crippen MR) is 144 cm³/mol. The molecule has 0 unspecified atom stereocenters. The highest BCUT2D eigenvalue weighted by Gasteiger charge is 2.16. The number of aryl methyl sites for hydroxylation is 2. The van der Waals surface area contributed by atoms with Gasteiger partial charge in [0.1, 0.15) is 24.2 Å². The molecule has 1 heterocycles. The van der Waals surface area contributed by atoms with Gasteiger partial charge in [-0.1, -0.05) is 54.1 Å². The second-order valence-corrected chi connectivity index (χ2v) is 8.97. The molecular weight excluding hydrogens is 444 g/mol. The van der Waals surface area contributed by atoms with Crippen molar-refractivity contribution in [1.82, 2.24) is 4.57 Å². The summed E-state index contributed by atoms with van der Waals surface area (Å²) in [6.45, 7) is 5.66. The Kier molecular flexibility index (Phi) is 6.73. The normalized spacial score (nSPS) is 10.8. The molecular formula is C32H28N2O2. The maximum Gasteiger partial charge on any atom is 0.174 e. The molecule has 1 aromatic heterocycles. The van der Waals surface area contributed by atoms with Crippen LogP contribution in [0.1, 0.15) is 22.3 Å². The van der Waals surface area contributed by atoms with Gasteiger partial charge in [-0.3, -0.25) is 0 Å². The van der Waals surface area contributed by atoms with Gasteiger partial charge in [0.15, 0.2) is 6.61 Å². The monoisotopic (exact) mass is 472 g/mol. The van der Waals surface area contributed by atoms with Crippen LogP contribution in [-0.2, 0) is 13.2 Å². The molecule has 178 valence electrons. The summed E-state index contributed by atoms with van der Waals surface area (Å²) in [6.07, 6.45) is 0. The van der Waals surface area contributed by atoms with Crippen molar-refractivity contribution in [2.45, 2.75) is 27.0 Å². The summed E-state index contributed by atoms with van der Waals surface area (Å²) < 4.78 is 13.8. The highest BCUT2D eigenvalue weighted by atomic mass is 16.5. The van der Waals surface area contributed by atoms with E-state index in [1.807, 2.05) is 48.5 Å². The van der Waals surface area contributed by atoms with Crippen LogP contribution >= 0.6 is 0 Å². The molecule has 5 aromatic rings. The Morgan fingerprint density at radius 1 is 0.750 bits per heavy atom. The second kappa shape index (κ2) is 10.4. The molecule has 0 N–H and O–H groups in total. The van der Waals surface area contributed by atoms with Gasteiger partial charge < -0.3 is 14.0 Å². The second-order valence-electron chi connectivity index (χ2n) is 8.97. The lowest BCUT2D eigenvalue weighted by Crippen LogP contribution is -2.03. The molecule has 0 radical (unpaired) electrons. The largest absolute Gasteiger partial charge is 0.489 e. The SMILES string of the molecule is Cc1ccc2c(c1)c(C)c(-c1ccc(OCc3ccccc3)cc1)n2Cc1ccc(OCC#N)cc1. The van der Waals surface area contributed by atoms with Crippen LogP contribution in [0.15, 0.2) is 97.1 Å². The Balaban J connectivity index is 1.47. The summed E-state index contributed by atoms with van der Waals surface area (Å²) in [5, 5.41) is 10.0. The molecule has 0 atom stereocenters. The van der Waals surface area contributed by atoms with Crippen molar-refractivity contribution in [3.8, 4) is 28.8 Å². The van der Waals surface area contributed by atoms with E-state index < -0.39 is 0 Å². The third kappa shape index (κ3) is 4.96. The van der Waals surface area contributed by atoms with Gasteiger partial charge in [0.25, 0.3) is 0 Å². The van der Waals surface area contributed by atoms with Gasteiger partial charge in [-0.05, 0) is 84.6 Å². The van der Waals surface area contributed by atoms with E-state index in [-0.39, 0.29) is 6.61 Å². The van der Waals surface area contributed by atoms with Crippen molar-refractivity contribution in [2.24, 2.45) is 0 Å². The minimum absolute atomic E-state index is 0.0509. The Morgan fingerprint density at radius 2 is 1.44 bits per heavy atom. The fourth-order valence-corrected chi connectivity index (χ4v) is 4.61. The number of aromatic nitrogens is 1. The molecule has 4 aromatic carbocycles. The van der Waals surface area contributed by atoms with Crippen LogP contribution in [0.4, 0.5) is 0 Å². The molecule has 0 fully saturated rings. The highest BCUT2D eigenvalue weighted by Crippen LogP contribution is 2.35. The number of nitriles is 1. The van der Waals surface area contributed by atoms with E-state index in [1.54, 1.807) is 0 Å². The molecule has 4 nitrogen and oxygen atoms in total. The van der Waals surface area contributed by atoms with Gasteiger partial charge in [-0.15, -0.1) is 0 Å². The number of fused-ring (bicyclic) bond motifs is 1. The van der Waals surface area contributed by atoms with Gasteiger partial charge in [0.05, 0.1) is 5.69 Å². The van der Waals surface area contributed by atoms with Crippen LogP contribution in [0.2, 0.25) is 0 Å². The number of rotatable bonds is 8. The summed E-state index contributed by atoms with van der Waals surface area (Å²) in [7, 11) is 0. The maximum absolute atomic E-state index is 8.75. The number of ether oxygens (including phenoxy) is 2. The first-order valence-corrected chi connectivity index (χ1v) is 12.1. The first kappa shape index (κ1) is 23.3. The molecule has 0 aliphatic heterocycles. The fourth-order valence-electron chi connectivity index (χ4n) is 4.61. The maximum atomic E-state index is 8.75. The number of nitrogens with zero attached hydrogens (tertiary/aromatic N) is 2. The predicted octanol–water partition coefficient (Wildman–Crippen LogP) is 7.45. The van der Waals surface area contributed by atoms with Crippen LogP contribution in [0.5, 0.6) is 11.5 Å². The first-order chi connectivity index (χ1) is 17.6. The average Bonchev–Trinajstić information content (AvgIpc) is 3.18. The average molecular weight is 473 g/mol. The summed E-state index contributed by atoms with van der Waals surface area (Å²) in [5.41, 5.74) is 8.40. The van der Waals surface area contributed by atoms with Gasteiger partial charge in [-0.2, -0.15) is 5.26 Å². The minimum atomic E-state index is 0.0509. The topological polar surface area (TPSA) is 47.2 Å². The molecule has 0 saturated heterocycles. The van der Waals surface area contributed by atoms with Crippen molar-refractivity contribution in [3.05, 3.63) is 119 Å². The summed E-state index contributed by atoms with van der Waals surface area (Å²) in [6, 6.07) is 35.2. The van der Waals surface area contributed by atoms with Crippen LogP contribution in [0.25, 0.3) is 22.2 Å². The van der Waals surface area contributed by atoms with E-state index in [4.69, 9.17) is 14.7 Å². The Bertz CT molecular complexity index is 1510. The molecule has 4 heteroatoms. The summed E-state index contributed by atoms with van der Waals surface area (Å²) >= 11 is 0. The van der Waals surface area contributed by atoms with Crippen LogP contribution in [0, 0.1) is 25.2 Å². The van der Waals surface area contributed by atoms with Crippen molar-refractivity contribution in [1.29, 1.82) is 5.26 Å². The summed E-state index contributed by atoms with van der Waals surface area (Å²) in [5.74, 6) is 1.56. The lowest BCUT2D eigenvalue weighted by atomic mass is 10.1. The molecule has 36 heavy (non-hydrogen) atoms. The molecule has 0 bridgehead atoms. The molecule has 0 amide bonds. The van der Waals surface area contributed by atoms with Gasteiger partial charge in [-0.25, -0.2) is 0 Å². The zero-order valence-electron chi connectivity index (χ0n) is 20.6. The van der Waals surface area contributed by atoms with Crippen LogP contribution in [0.3, 0.4) is 0 Å². The minimum Gasteiger partial charge on any atom is -0.489 e. The lowest BCUT2D eigenvalue weighted by Gasteiger charge is -2.14. The van der Waals surface area contributed by atoms with Crippen molar-refractivity contribution >= 4 is 10.9 Å².